The standard InChI is InChI=1S/C18H28ClN3O3S/c1-15-8-12-21(13-9-15)11-3-10-20-18(23)14-22(26(2,24)25)17-6-4-16(19)5-7-17/h4-7,15H,3,8-14H2,1-2H3,(H,20,23). The maximum absolute atomic E-state index is 12.2. The van der Waals surface area contributed by atoms with Crippen molar-refractivity contribution in [3.8, 4) is 0 Å². The molecule has 1 aliphatic heterocycles. The van der Waals surface area contributed by atoms with E-state index in [0.29, 0.717) is 17.3 Å². The monoisotopic (exact) mass is 401 g/mol. The number of nitrogens with zero attached hydrogens (tertiary/aromatic N) is 2. The summed E-state index contributed by atoms with van der Waals surface area (Å²) in [7, 11) is -3.56. The van der Waals surface area contributed by atoms with Gasteiger partial charge in [-0.3, -0.25) is 9.10 Å². The lowest BCUT2D eigenvalue weighted by Gasteiger charge is -2.30. The number of sulfonamides is 1. The van der Waals surface area contributed by atoms with Crippen LogP contribution in [0.5, 0.6) is 0 Å². The zero-order valence-corrected chi connectivity index (χ0v) is 17.0. The van der Waals surface area contributed by atoms with E-state index in [1.807, 2.05) is 0 Å². The zero-order valence-electron chi connectivity index (χ0n) is 15.4. The number of likely N-dealkylation sites (tertiary alicyclic amines) is 1. The largest absolute Gasteiger partial charge is 0.354 e. The lowest BCUT2D eigenvalue weighted by atomic mass is 9.99. The third-order valence-electron chi connectivity index (χ3n) is 4.65. The molecular formula is C18H28ClN3O3S. The Morgan fingerprint density at radius 2 is 1.88 bits per heavy atom. The topological polar surface area (TPSA) is 69.7 Å². The third kappa shape index (κ3) is 6.78. The Kier molecular flexibility index (Phi) is 7.73. The van der Waals surface area contributed by atoms with Gasteiger partial charge >= 0.3 is 0 Å². The van der Waals surface area contributed by atoms with Gasteiger partial charge in [0.15, 0.2) is 0 Å². The Morgan fingerprint density at radius 1 is 1.27 bits per heavy atom. The highest BCUT2D eigenvalue weighted by atomic mass is 35.5. The summed E-state index contributed by atoms with van der Waals surface area (Å²) in [6.07, 6.45) is 4.42. The van der Waals surface area contributed by atoms with Crippen LogP contribution >= 0.6 is 11.6 Å². The smallest absolute Gasteiger partial charge is 0.240 e. The van der Waals surface area contributed by atoms with Crippen LogP contribution in [0, 0.1) is 5.92 Å². The highest BCUT2D eigenvalue weighted by Gasteiger charge is 2.21. The summed E-state index contributed by atoms with van der Waals surface area (Å²) in [6, 6.07) is 6.39. The van der Waals surface area contributed by atoms with Crippen molar-refractivity contribution >= 4 is 33.2 Å². The average Bonchev–Trinajstić information content (AvgIpc) is 2.58. The van der Waals surface area contributed by atoms with Crippen LogP contribution in [-0.2, 0) is 14.8 Å². The number of halogens is 1. The number of hydrogen-bond donors (Lipinski definition) is 1. The number of amides is 1. The number of carbonyl (C=O) groups is 1. The van der Waals surface area contributed by atoms with Gasteiger partial charge in [0.25, 0.3) is 0 Å². The van der Waals surface area contributed by atoms with Crippen molar-refractivity contribution in [2.24, 2.45) is 5.92 Å². The number of rotatable bonds is 8. The normalized spacial score (nSPS) is 16.4. The molecule has 0 spiro atoms. The molecule has 0 unspecified atom stereocenters. The van der Waals surface area contributed by atoms with E-state index in [0.717, 1.165) is 42.5 Å². The first-order valence-corrected chi connectivity index (χ1v) is 11.2. The van der Waals surface area contributed by atoms with Gasteiger partial charge in [-0.15, -0.1) is 0 Å². The van der Waals surface area contributed by atoms with E-state index in [1.54, 1.807) is 24.3 Å². The molecule has 1 aliphatic rings. The highest BCUT2D eigenvalue weighted by molar-refractivity contribution is 7.92. The zero-order chi connectivity index (χ0) is 19.2. The molecule has 6 nitrogen and oxygen atoms in total. The molecule has 1 aromatic carbocycles. The second kappa shape index (κ2) is 9.58. The molecule has 1 aromatic rings. The summed E-state index contributed by atoms with van der Waals surface area (Å²) >= 11 is 5.84. The van der Waals surface area contributed by atoms with Gasteiger partial charge in [0.05, 0.1) is 11.9 Å². The lowest BCUT2D eigenvalue weighted by molar-refractivity contribution is -0.119. The minimum absolute atomic E-state index is 0.234. The van der Waals surface area contributed by atoms with Gasteiger partial charge in [-0.25, -0.2) is 8.42 Å². The van der Waals surface area contributed by atoms with Gasteiger partial charge in [0.1, 0.15) is 6.54 Å². The molecule has 0 atom stereocenters. The number of anilines is 1. The second-order valence-electron chi connectivity index (χ2n) is 6.97. The molecule has 0 saturated carbocycles. The van der Waals surface area contributed by atoms with Gasteiger partial charge in [-0.2, -0.15) is 0 Å². The summed E-state index contributed by atoms with van der Waals surface area (Å²) in [5.41, 5.74) is 0.425. The van der Waals surface area contributed by atoms with E-state index in [9.17, 15) is 13.2 Å². The predicted molar refractivity (Wildman–Crippen MR) is 106 cm³/mol. The Labute approximate surface area is 161 Å². The minimum atomic E-state index is -3.56. The Hall–Kier alpha value is -1.31. The first kappa shape index (κ1) is 21.0. The molecular weight excluding hydrogens is 374 g/mol. The molecule has 0 radical (unpaired) electrons. The Morgan fingerprint density at radius 3 is 2.46 bits per heavy atom. The minimum Gasteiger partial charge on any atom is -0.354 e. The van der Waals surface area contributed by atoms with Crippen molar-refractivity contribution < 1.29 is 13.2 Å². The molecule has 0 aromatic heterocycles. The first-order valence-electron chi connectivity index (χ1n) is 8.98. The molecule has 146 valence electrons. The van der Waals surface area contributed by atoms with Gasteiger partial charge in [0.2, 0.25) is 15.9 Å². The molecule has 26 heavy (non-hydrogen) atoms. The Balaban J connectivity index is 1.79. The van der Waals surface area contributed by atoms with Gasteiger partial charge in [0, 0.05) is 11.6 Å². The van der Waals surface area contributed by atoms with Crippen LogP contribution in [0.15, 0.2) is 24.3 Å². The second-order valence-corrected chi connectivity index (χ2v) is 9.32. The van der Waals surface area contributed by atoms with Crippen LogP contribution in [0.1, 0.15) is 26.2 Å². The summed E-state index contributed by atoms with van der Waals surface area (Å²) in [6.45, 7) is 5.79. The van der Waals surface area contributed by atoms with E-state index >= 15 is 0 Å². The van der Waals surface area contributed by atoms with Gasteiger partial charge < -0.3 is 10.2 Å². The SMILES string of the molecule is CC1CCN(CCCNC(=O)CN(c2ccc(Cl)cc2)S(C)(=O)=O)CC1. The first-order chi connectivity index (χ1) is 12.3. The molecule has 0 bridgehead atoms. The summed E-state index contributed by atoms with van der Waals surface area (Å²) < 4.78 is 25.1. The quantitative estimate of drug-likeness (QED) is 0.679. The molecule has 8 heteroatoms. The van der Waals surface area contributed by atoms with Crippen molar-refractivity contribution in [2.45, 2.75) is 26.2 Å². The van der Waals surface area contributed by atoms with Crippen LogP contribution in [-0.4, -0.2) is 58.2 Å². The van der Waals surface area contributed by atoms with Crippen molar-refractivity contribution in [1.82, 2.24) is 10.2 Å². The summed E-state index contributed by atoms with van der Waals surface area (Å²) in [5.74, 6) is 0.499. The molecule has 2 rings (SSSR count). The van der Waals surface area contributed by atoms with Crippen molar-refractivity contribution in [2.75, 3.05) is 43.3 Å². The van der Waals surface area contributed by atoms with Crippen molar-refractivity contribution in [1.29, 1.82) is 0 Å². The average molecular weight is 402 g/mol. The van der Waals surface area contributed by atoms with Crippen LogP contribution in [0.3, 0.4) is 0 Å². The fraction of sp³-hybridized carbons (Fsp3) is 0.611. The number of benzene rings is 1. The molecule has 1 N–H and O–H groups in total. The summed E-state index contributed by atoms with van der Waals surface area (Å²) in [4.78, 5) is 14.6. The molecule has 1 amide bonds. The van der Waals surface area contributed by atoms with Crippen molar-refractivity contribution in [3.05, 3.63) is 29.3 Å². The van der Waals surface area contributed by atoms with Crippen LogP contribution in [0.2, 0.25) is 5.02 Å². The van der Waals surface area contributed by atoms with E-state index in [-0.39, 0.29) is 12.5 Å². The van der Waals surface area contributed by atoms with Gasteiger partial charge in [-0.1, -0.05) is 18.5 Å². The number of piperidine rings is 1. The third-order valence-corrected chi connectivity index (χ3v) is 6.04. The fourth-order valence-electron chi connectivity index (χ4n) is 3.01. The van der Waals surface area contributed by atoms with Crippen molar-refractivity contribution in [3.63, 3.8) is 0 Å². The van der Waals surface area contributed by atoms with Gasteiger partial charge in [-0.05, 0) is 69.1 Å². The molecule has 1 heterocycles. The number of carbonyl (C=O) groups excluding carboxylic acids is 1. The maximum atomic E-state index is 12.2. The van der Waals surface area contributed by atoms with Crippen LogP contribution < -0.4 is 9.62 Å². The van der Waals surface area contributed by atoms with Crippen LogP contribution in [0.25, 0.3) is 0 Å². The summed E-state index contributed by atoms with van der Waals surface area (Å²) in [5, 5.41) is 3.33. The van der Waals surface area contributed by atoms with E-state index in [1.165, 1.54) is 12.8 Å². The molecule has 1 saturated heterocycles. The number of nitrogens with one attached hydrogen (secondary N) is 1. The van der Waals surface area contributed by atoms with Crippen LogP contribution in [0.4, 0.5) is 5.69 Å². The molecule has 0 aliphatic carbocycles. The fourth-order valence-corrected chi connectivity index (χ4v) is 3.99. The predicted octanol–water partition coefficient (Wildman–Crippen LogP) is 2.34. The van der Waals surface area contributed by atoms with E-state index < -0.39 is 10.0 Å². The Bertz CT molecular complexity index is 686. The highest BCUT2D eigenvalue weighted by Crippen LogP contribution is 2.20. The maximum Gasteiger partial charge on any atom is 0.240 e. The lowest BCUT2D eigenvalue weighted by Crippen LogP contribution is -2.41. The number of hydrogen-bond acceptors (Lipinski definition) is 4. The van der Waals surface area contributed by atoms with E-state index in [2.05, 4.69) is 17.1 Å². The van der Waals surface area contributed by atoms with E-state index in [4.69, 9.17) is 11.6 Å². The molecule has 1 fully saturated rings.